The lowest BCUT2D eigenvalue weighted by Gasteiger charge is -2.35. The lowest BCUT2D eigenvalue weighted by atomic mass is 10.0. The standard InChI is InChI=1S/C23H23FN4O4/c24-19-13-28(22(30)9-14-1-4-17(29)5-2-14)8-7-21(19)32-20-6-3-15(10-18(20)23(25)31)16-11-26-27-12-16/h1-6,10-12,19,21,29H,7-9,13H2,(H2,25,31)(H,26,27). The minimum Gasteiger partial charge on any atom is -0.508 e. The lowest BCUT2D eigenvalue weighted by Crippen LogP contribution is -2.49. The van der Waals surface area contributed by atoms with Gasteiger partial charge in [0, 0.05) is 24.7 Å². The van der Waals surface area contributed by atoms with Crippen LogP contribution in [0.3, 0.4) is 0 Å². The molecule has 32 heavy (non-hydrogen) atoms. The number of ether oxygens (including phenoxy) is 1. The zero-order valence-corrected chi connectivity index (χ0v) is 17.2. The summed E-state index contributed by atoms with van der Waals surface area (Å²) in [5.41, 5.74) is 7.92. The van der Waals surface area contributed by atoms with Gasteiger partial charge in [0.1, 0.15) is 17.6 Å². The molecule has 2 amide bonds. The first kappa shape index (κ1) is 21.4. The van der Waals surface area contributed by atoms with E-state index < -0.39 is 18.2 Å². The van der Waals surface area contributed by atoms with Crippen LogP contribution in [0.4, 0.5) is 4.39 Å². The maximum absolute atomic E-state index is 14.9. The highest BCUT2D eigenvalue weighted by molar-refractivity contribution is 5.97. The van der Waals surface area contributed by atoms with Gasteiger partial charge in [0.25, 0.3) is 5.91 Å². The van der Waals surface area contributed by atoms with Crippen LogP contribution in [-0.4, -0.2) is 57.4 Å². The first-order valence-corrected chi connectivity index (χ1v) is 10.2. The Bertz CT molecular complexity index is 1100. The van der Waals surface area contributed by atoms with Crippen molar-refractivity contribution in [2.24, 2.45) is 5.73 Å². The Morgan fingerprint density at radius 3 is 2.66 bits per heavy atom. The predicted molar refractivity (Wildman–Crippen MR) is 115 cm³/mol. The van der Waals surface area contributed by atoms with E-state index in [1.807, 2.05) is 0 Å². The van der Waals surface area contributed by atoms with Gasteiger partial charge in [-0.3, -0.25) is 14.7 Å². The third kappa shape index (κ3) is 4.72. The topological polar surface area (TPSA) is 122 Å². The molecule has 1 saturated heterocycles. The summed E-state index contributed by atoms with van der Waals surface area (Å²) in [5.74, 6) is -0.543. The molecule has 166 valence electrons. The Hall–Kier alpha value is -3.88. The van der Waals surface area contributed by atoms with Gasteiger partial charge in [-0.1, -0.05) is 18.2 Å². The monoisotopic (exact) mass is 438 g/mol. The summed E-state index contributed by atoms with van der Waals surface area (Å²) < 4.78 is 20.7. The number of aromatic nitrogens is 2. The number of phenolic OH excluding ortho intramolecular Hbond substituents is 1. The molecule has 4 N–H and O–H groups in total. The van der Waals surface area contributed by atoms with Crippen molar-refractivity contribution in [1.29, 1.82) is 0 Å². The maximum Gasteiger partial charge on any atom is 0.252 e. The summed E-state index contributed by atoms with van der Waals surface area (Å²) in [6.07, 6.45) is 1.49. The Kier molecular flexibility index (Phi) is 6.07. The van der Waals surface area contributed by atoms with Crippen molar-refractivity contribution < 1.29 is 23.8 Å². The van der Waals surface area contributed by atoms with E-state index in [2.05, 4.69) is 10.2 Å². The molecule has 1 aromatic heterocycles. The molecule has 2 aromatic carbocycles. The van der Waals surface area contributed by atoms with Crippen molar-refractivity contribution in [2.75, 3.05) is 13.1 Å². The number of halogens is 1. The molecule has 0 aliphatic carbocycles. The highest BCUT2D eigenvalue weighted by atomic mass is 19.1. The van der Waals surface area contributed by atoms with Gasteiger partial charge in [0.05, 0.1) is 24.7 Å². The molecule has 0 radical (unpaired) electrons. The van der Waals surface area contributed by atoms with Crippen molar-refractivity contribution in [3.8, 4) is 22.6 Å². The number of H-pyrrole nitrogens is 1. The van der Waals surface area contributed by atoms with Gasteiger partial charge in [0.15, 0.2) is 6.17 Å². The van der Waals surface area contributed by atoms with E-state index in [1.165, 1.54) is 17.0 Å². The van der Waals surface area contributed by atoms with E-state index in [0.717, 1.165) is 16.7 Å². The van der Waals surface area contributed by atoms with Gasteiger partial charge >= 0.3 is 0 Å². The van der Waals surface area contributed by atoms with Crippen LogP contribution in [0, 0.1) is 0 Å². The van der Waals surface area contributed by atoms with Gasteiger partial charge in [-0.15, -0.1) is 0 Å². The summed E-state index contributed by atoms with van der Waals surface area (Å²) in [4.78, 5) is 26.0. The molecule has 0 saturated carbocycles. The SMILES string of the molecule is NC(=O)c1cc(-c2cn[nH]c2)ccc1OC1CCN(C(=O)Cc2ccc(O)cc2)CC1F. The number of likely N-dealkylation sites (tertiary alicyclic amines) is 1. The molecule has 1 fully saturated rings. The van der Waals surface area contributed by atoms with Crippen LogP contribution in [0.1, 0.15) is 22.3 Å². The molecule has 3 aromatic rings. The molecule has 2 heterocycles. The Balaban J connectivity index is 1.41. The normalized spacial score (nSPS) is 18.3. The fraction of sp³-hybridized carbons (Fsp3) is 0.261. The first-order chi connectivity index (χ1) is 15.4. The molecular formula is C23H23FN4O4. The predicted octanol–water partition coefficient (Wildman–Crippen LogP) is 2.44. The number of carbonyl (C=O) groups excluding carboxylic acids is 2. The smallest absolute Gasteiger partial charge is 0.252 e. The van der Waals surface area contributed by atoms with Crippen LogP contribution in [0.15, 0.2) is 54.9 Å². The number of nitrogens with zero attached hydrogens (tertiary/aromatic N) is 2. The molecule has 2 unspecified atom stereocenters. The number of benzene rings is 2. The third-order valence-corrected chi connectivity index (χ3v) is 5.48. The van der Waals surface area contributed by atoms with E-state index in [4.69, 9.17) is 10.5 Å². The number of nitrogens with two attached hydrogens (primary N) is 1. The van der Waals surface area contributed by atoms with Crippen LogP contribution in [-0.2, 0) is 11.2 Å². The first-order valence-electron chi connectivity index (χ1n) is 10.2. The summed E-state index contributed by atoms with van der Waals surface area (Å²) in [7, 11) is 0. The van der Waals surface area contributed by atoms with Gasteiger partial charge < -0.3 is 20.5 Å². The zero-order valence-electron chi connectivity index (χ0n) is 17.2. The van der Waals surface area contributed by atoms with Crippen LogP contribution in [0.25, 0.3) is 11.1 Å². The summed E-state index contributed by atoms with van der Waals surface area (Å²) >= 11 is 0. The number of primary amides is 1. The fourth-order valence-electron chi connectivity index (χ4n) is 3.72. The van der Waals surface area contributed by atoms with Gasteiger partial charge in [-0.25, -0.2) is 4.39 Å². The third-order valence-electron chi connectivity index (χ3n) is 5.48. The number of rotatable bonds is 6. The summed E-state index contributed by atoms with van der Waals surface area (Å²) in [5, 5.41) is 15.9. The van der Waals surface area contributed by atoms with E-state index in [0.29, 0.717) is 6.54 Å². The lowest BCUT2D eigenvalue weighted by molar-refractivity contribution is -0.134. The molecule has 2 atom stereocenters. The summed E-state index contributed by atoms with van der Waals surface area (Å²) in [6.45, 7) is 0.238. The minimum atomic E-state index is -1.42. The number of carbonyl (C=O) groups is 2. The highest BCUT2D eigenvalue weighted by Crippen LogP contribution is 2.29. The Morgan fingerprint density at radius 1 is 1.22 bits per heavy atom. The van der Waals surface area contributed by atoms with Crippen molar-refractivity contribution in [1.82, 2.24) is 15.1 Å². The number of phenols is 1. The zero-order chi connectivity index (χ0) is 22.7. The van der Waals surface area contributed by atoms with Gasteiger partial charge in [-0.05, 0) is 35.4 Å². The van der Waals surface area contributed by atoms with Crippen molar-refractivity contribution >= 4 is 11.8 Å². The number of alkyl halides is 1. The quantitative estimate of drug-likeness (QED) is 0.546. The van der Waals surface area contributed by atoms with Gasteiger partial charge in [0.2, 0.25) is 5.91 Å². The number of hydrogen-bond acceptors (Lipinski definition) is 5. The van der Waals surface area contributed by atoms with Crippen molar-refractivity contribution in [3.63, 3.8) is 0 Å². The second-order valence-corrected chi connectivity index (χ2v) is 7.71. The van der Waals surface area contributed by atoms with E-state index in [1.54, 1.807) is 42.7 Å². The molecule has 4 rings (SSSR count). The summed E-state index contributed by atoms with van der Waals surface area (Å²) in [6, 6.07) is 11.3. The number of piperidine rings is 1. The molecule has 0 bridgehead atoms. The fourth-order valence-corrected chi connectivity index (χ4v) is 3.72. The van der Waals surface area contributed by atoms with E-state index in [-0.39, 0.29) is 42.4 Å². The van der Waals surface area contributed by atoms with Crippen LogP contribution < -0.4 is 10.5 Å². The van der Waals surface area contributed by atoms with Crippen molar-refractivity contribution in [3.05, 3.63) is 66.0 Å². The number of hydrogen-bond donors (Lipinski definition) is 3. The van der Waals surface area contributed by atoms with Crippen LogP contribution >= 0.6 is 0 Å². The van der Waals surface area contributed by atoms with Crippen LogP contribution in [0.2, 0.25) is 0 Å². The molecule has 1 aliphatic heterocycles. The van der Waals surface area contributed by atoms with Crippen molar-refractivity contribution in [2.45, 2.75) is 25.1 Å². The second kappa shape index (κ2) is 9.09. The number of amides is 2. The second-order valence-electron chi connectivity index (χ2n) is 7.71. The Labute approximate surface area is 183 Å². The molecule has 1 aliphatic rings. The number of nitrogens with one attached hydrogen (secondary N) is 1. The average Bonchev–Trinajstić information content (AvgIpc) is 3.31. The Morgan fingerprint density at radius 2 is 2.00 bits per heavy atom. The molecule has 0 spiro atoms. The van der Waals surface area contributed by atoms with E-state index in [9.17, 15) is 19.1 Å². The number of aromatic hydroxyl groups is 1. The molecule has 9 heteroatoms. The molecule has 8 nitrogen and oxygen atoms in total. The number of aromatic amines is 1. The van der Waals surface area contributed by atoms with Gasteiger partial charge in [-0.2, -0.15) is 5.10 Å². The molecular weight excluding hydrogens is 415 g/mol. The van der Waals surface area contributed by atoms with E-state index >= 15 is 0 Å². The van der Waals surface area contributed by atoms with Crippen LogP contribution in [0.5, 0.6) is 11.5 Å². The minimum absolute atomic E-state index is 0.0966. The highest BCUT2D eigenvalue weighted by Gasteiger charge is 2.33. The largest absolute Gasteiger partial charge is 0.508 e. The average molecular weight is 438 g/mol. The maximum atomic E-state index is 14.9.